The molecule has 1 atom stereocenters. The van der Waals surface area contributed by atoms with Crippen molar-refractivity contribution < 1.29 is 14.3 Å². The average molecular weight is 295 g/mol. The van der Waals surface area contributed by atoms with Gasteiger partial charge in [0.05, 0.1) is 12.6 Å². The number of carbonyl (C=O) groups excluding carboxylic acids is 1. The van der Waals surface area contributed by atoms with Crippen LogP contribution in [0.25, 0.3) is 0 Å². The lowest BCUT2D eigenvalue weighted by atomic mass is 10.2. The van der Waals surface area contributed by atoms with Crippen molar-refractivity contribution in [2.45, 2.75) is 25.8 Å². The quantitative estimate of drug-likeness (QED) is 0.831. The van der Waals surface area contributed by atoms with Crippen molar-refractivity contribution in [3.8, 4) is 0 Å². The van der Waals surface area contributed by atoms with Gasteiger partial charge in [0.2, 0.25) is 0 Å². The van der Waals surface area contributed by atoms with Crippen molar-refractivity contribution in [2.75, 3.05) is 39.8 Å². The number of hydrogen-bond donors (Lipinski definition) is 2. The number of urea groups is 1. The maximum Gasteiger partial charge on any atom is 0.317 e. The first-order valence-corrected chi connectivity index (χ1v) is 7.52. The van der Waals surface area contributed by atoms with E-state index in [0.717, 1.165) is 24.6 Å². The zero-order valence-electron chi connectivity index (χ0n) is 12.8. The predicted octanol–water partition coefficient (Wildman–Crippen LogP) is 1.36. The molecule has 6 nitrogen and oxygen atoms in total. The van der Waals surface area contributed by atoms with Crippen molar-refractivity contribution in [2.24, 2.45) is 0 Å². The molecule has 118 valence electrons. The van der Waals surface area contributed by atoms with E-state index in [1.807, 2.05) is 19.1 Å². The molecule has 0 aliphatic carbocycles. The van der Waals surface area contributed by atoms with Crippen LogP contribution in [0.2, 0.25) is 0 Å². The molecule has 2 heterocycles. The lowest BCUT2D eigenvalue weighted by Crippen LogP contribution is -2.43. The fourth-order valence-corrected chi connectivity index (χ4v) is 2.67. The van der Waals surface area contributed by atoms with Crippen LogP contribution in [-0.2, 0) is 0 Å². The Morgan fingerprint density at radius 2 is 2.19 bits per heavy atom. The third kappa shape index (κ3) is 4.22. The zero-order valence-corrected chi connectivity index (χ0v) is 12.8. The Morgan fingerprint density at radius 3 is 2.76 bits per heavy atom. The number of likely N-dealkylation sites (tertiary alicyclic amines) is 1. The van der Waals surface area contributed by atoms with Crippen molar-refractivity contribution >= 4 is 6.03 Å². The molecule has 1 aliphatic rings. The molecule has 21 heavy (non-hydrogen) atoms. The van der Waals surface area contributed by atoms with Gasteiger partial charge in [-0.2, -0.15) is 0 Å². The number of carbonyl (C=O) groups is 1. The highest BCUT2D eigenvalue weighted by atomic mass is 16.3. The van der Waals surface area contributed by atoms with Crippen LogP contribution in [0.15, 0.2) is 16.5 Å². The van der Waals surface area contributed by atoms with Crippen LogP contribution in [-0.4, -0.2) is 60.8 Å². The van der Waals surface area contributed by atoms with E-state index in [4.69, 9.17) is 9.52 Å². The smallest absolute Gasteiger partial charge is 0.317 e. The van der Waals surface area contributed by atoms with Crippen molar-refractivity contribution in [3.63, 3.8) is 0 Å². The summed E-state index contributed by atoms with van der Waals surface area (Å²) in [6, 6.07) is 3.85. The summed E-state index contributed by atoms with van der Waals surface area (Å²) >= 11 is 0. The number of furan rings is 1. The Hall–Kier alpha value is -1.53. The molecule has 2 N–H and O–H groups in total. The van der Waals surface area contributed by atoms with Crippen molar-refractivity contribution in [1.82, 2.24) is 15.1 Å². The third-order valence-corrected chi connectivity index (χ3v) is 3.90. The van der Waals surface area contributed by atoms with Gasteiger partial charge in [-0.25, -0.2) is 4.79 Å². The maximum absolute atomic E-state index is 11.9. The Kier molecular flexibility index (Phi) is 5.64. The van der Waals surface area contributed by atoms with E-state index in [-0.39, 0.29) is 18.7 Å². The predicted molar refractivity (Wildman–Crippen MR) is 80.1 cm³/mol. The molecule has 0 bridgehead atoms. The molecule has 0 radical (unpaired) electrons. The molecule has 1 saturated heterocycles. The molecule has 0 aromatic carbocycles. The Balaban J connectivity index is 1.98. The highest BCUT2D eigenvalue weighted by Gasteiger charge is 2.26. The molecule has 1 unspecified atom stereocenters. The van der Waals surface area contributed by atoms with Gasteiger partial charge in [0.25, 0.3) is 0 Å². The molecular weight excluding hydrogens is 270 g/mol. The fourth-order valence-electron chi connectivity index (χ4n) is 2.67. The summed E-state index contributed by atoms with van der Waals surface area (Å²) in [5, 5.41) is 11.8. The van der Waals surface area contributed by atoms with Gasteiger partial charge in [0.15, 0.2) is 0 Å². The number of amides is 2. The summed E-state index contributed by atoms with van der Waals surface area (Å²) in [4.78, 5) is 15.8. The van der Waals surface area contributed by atoms with Gasteiger partial charge in [-0.15, -0.1) is 0 Å². The second-order valence-electron chi connectivity index (χ2n) is 5.54. The Morgan fingerprint density at radius 1 is 1.48 bits per heavy atom. The number of likely N-dealkylation sites (N-methyl/N-ethyl adjacent to an activating group) is 1. The minimum atomic E-state index is -0.170. The molecule has 2 rings (SSSR count). The average Bonchev–Trinajstić information content (AvgIpc) is 3.11. The standard InChI is InChI=1S/C15H25N3O3/c1-12-5-6-14(21-12)13(18-7-3-4-8-18)11-16-15(20)17(2)9-10-19/h5-6,13,19H,3-4,7-11H2,1-2H3,(H,16,20). The van der Waals surface area contributed by atoms with E-state index in [0.29, 0.717) is 13.1 Å². The van der Waals surface area contributed by atoms with E-state index >= 15 is 0 Å². The van der Waals surface area contributed by atoms with Crippen LogP contribution in [0.1, 0.15) is 30.4 Å². The molecule has 0 spiro atoms. The second-order valence-corrected chi connectivity index (χ2v) is 5.54. The Bertz CT molecular complexity index is 455. The van der Waals surface area contributed by atoms with Crippen molar-refractivity contribution in [1.29, 1.82) is 0 Å². The van der Waals surface area contributed by atoms with Gasteiger partial charge in [-0.1, -0.05) is 0 Å². The lowest BCUT2D eigenvalue weighted by molar-refractivity contribution is 0.177. The molecular formula is C15H25N3O3. The van der Waals surface area contributed by atoms with Crippen LogP contribution in [0.5, 0.6) is 0 Å². The number of aliphatic hydroxyl groups excluding tert-OH is 1. The summed E-state index contributed by atoms with van der Waals surface area (Å²) in [7, 11) is 1.67. The maximum atomic E-state index is 11.9. The summed E-state index contributed by atoms with van der Waals surface area (Å²) in [5.41, 5.74) is 0. The SMILES string of the molecule is Cc1ccc(C(CNC(=O)N(C)CCO)N2CCCC2)o1. The topological polar surface area (TPSA) is 69.0 Å². The van der Waals surface area contributed by atoms with Crippen LogP contribution in [0, 0.1) is 6.92 Å². The van der Waals surface area contributed by atoms with Crippen LogP contribution in [0.4, 0.5) is 4.79 Å². The van der Waals surface area contributed by atoms with E-state index in [1.54, 1.807) is 7.05 Å². The number of aryl methyl sites for hydroxylation is 1. The largest absolute Gasteiger partial charge is 0.465 e. The molecule has 2 amide bonds. The highest BCUT2D eigenvalue weighted by Crippen LogP contribution is 2.26. The van der Waals surface area contributed by atoms with Crippen LogP contribution in [0.3, 0.4) is 0 Å². The van der Waals surface area contributed by atoms with Gasteiger partial charge in [-0.3, -0.25) is 4.90 Å². The van der Waals surface area contributed by atoms with Crippen molar-refractivity contribution in [3.05, 3.63) is 23.7 Å². The summed E-state index contributed by atoms with van der Waals surface area (Å²) in [6.45, 7) is 4.82. The number of hydrogen-bond acceptors (Lipinski definition) is 4. The number of nitrogens with zero attached hydrogens (tertiary/aromatic N) is 2. The summed E-state index contributed by atoms with van der Waals surface area (Å²) < 4.78 is 5.75. The van der Waals surface area contributed by atoms with Gasteiger partial charge < -0.3 is 19.7 Å². The van der Waals surface area contributed by atoms with Crippen LogP contribution < -0.4 is 5.32 Å². The minimum absolute atomic E-state index is 0.0309. The van der Waals surface area contributed by atoms with Gasteiger partial charge in [-0.05, 0) is 45.0 Å². The molecule has 1 fully saturated rings. The van der Waals surface area contributed by atoms with Crippen LogP contribution >= 0.6 is 0 Å². The molecule has 1 aromatic heterocycles. The molecule has 0 saturated carbocycles. The van der Waals surface area contributed by atoms with E-state index < -0.39 is 0 Å². The van der Waals surface area contributed by atoms with Gasteiger partial charge in [0.1, 0.15) is 11.5 Å². The van der Waals surface area contributed by atoms with E-state index in [1.165, 1.54) is 17.7 Å². The minimum Gasteiger partial charge on any atom is -0.465 e. The first-order chi connectivity index (χ1) is 10.1. The third-order valence-electron chi connectivity index (χ3n) is 3.90. The molecule has 6 heteroatoms. The fraction of sp³-hybridized carbons (Fsp3) is 0.667. The second kappa shape index (κ2) is 7.47. The summed E-state index contributed by atoms with van der Waals surface area (Å²) in [5.74, 6) is 1.79. The number of aliphatic hydroxyl groups is 1. The summed E-state index contributed by atoms with van der Waals surface area (Å²) in [6.07, 6.45) is 2.38. The zero-order chi connectivity index (χ0) is 15.2. The molecule has 1 aromatic rings. The first kappa shape index (κ1) is 15.9. The van der Waals surface area contributed by atoms with E-state index in [9.17, 15) is 4.79 Å². The monoisotopic (exact) mass is 295 g/mol. The molecule has 1 aliphatic heterocycles. The number of rotatable bonds is 6. The van der Waals surface area contributed by atoms with E-state index in [2.05, 4.69) is 10.2 Å². The van der Waals surface area contributed by atoms with Gasteiger partial charge in [0, 0.05) is 20.1 Å². The highest BCUT2D eigenvalue weighted by molar-refractivity contribution is 5.73. The van der Waals surface area contributed by atoms with Gasteiger partial charge >= 0.3 is 6.03 Å². The first-order valence-electron chi connectivity index (χ1n) is 7.52. The normalized spacial score (nSPS) is 16.9. The lowest BCUT2D eigenvalue weighted by Gasteiger charge is -2.27. The number of nitrogens with one attached hydrogen (secondary N) is 1. The Labute approximate surface area is 125 Å².